The second kappa shape index (κ2) is 6.45. The van der Waals surface area contributed by atoms with E-state index in [0.29, 0.717) is 46.6 Å². The smallest absolute Gasteiger partial charge is 0.222 e. The number of carbonyl (C=O) groups is 1. The summed E-state index contributed by atoms with van der Waals surface area (Å²) in [7, 11) is 0. The van der Waals surface area contributed by atoms with Crippen molar-refractivity contribution in [2.24, 2.45) is 0 Å². The lowest BCUT2D eigenvalue weighted by atomic mass is 10.00. The van der Waals surface area contributed by atoms with Gasteiger partial charge in [0.2, 0.25) is 5.95 Å². The van der Waals surface area contributed by atoms with Gasteiger partial charge in [0.1, 0.15) is 11.4 Å². The summed E-state index contributed by atoms with van der Waals surface area (Å²) in [5, 5.41) is 1.74. The molecule has 3 aromatic rings. The number of nitrogens with two attached hydrogens (primary N) is 1. The van der Waals surface area contributed by atoms with Crippen LogP contribution in [0.5, 0.6) is 5.75 Å². The predicted octanol–water partition coefficient (Wildman–Crippen LogP) is 3.90. The van der Waals surface area contributed by atoms with E-state index in [1.165, 1.54) is 0 Å². The molecule has 1 aliphatic rings. The molecule has 0 unspecified atom stereocenters. The number of anilines is 1. The number of halogens is 2. The minimum absolute atomic E-state index is 0.111. The number of ether oxygens (including phenoxy) is 1. The number of nitrogen functional groups attached to an aromatic ring is 1. The molecule has 26 heavy (non-hydrogen) atoms. The third-order valence-corrected chi connectivity index (χ3v) is 5.08. The molecule has 0 atom stereocenters. The molecule has 0 bridgehead atoms. The average Bonchev–Trinajstić information content (AvgIpc) is 3.22. The van der Waals surface area contributed by atoms with Crippen molar-refractivity contribution in [3.05, 3.63) is 33.9 Å². The number of hydrogen-bond acceptors (Lipinski definition) is 5. The molecule has 8 heteroatoms. The van der Waals surface area contributed by atoms with Crippen molar-refractivity contribution in [1.82, 2.24) is 14.5 Å². The Bertz CT molecular complexity index is 1050. The highest BCUT2D eigenvalue weighted by Crippen LogP contribution is 2.45. The average molecular weight is 391 g/mol. The molecule has 1 aliphatic heterocycles. The summed E-state index contributed by atoms with van der Waals surface area (Å²) in [6.45, 7) is 2.61. The first-order valence-corrected chi connectivity index (χ1v) is 9.03. The van der Waals surface area contributed by atoms with Gasteiger partial charge >= 0.3 is 0 Å². The van der Waals surface area contributed by atoms with Crippen molar-refractivity contribution < 1.29 is 9.53 Å². The largest absolute Gasteiger partial charge is 0.491 e. The van der Waals surface area contributed by atoms with Gasteiger partial charge in [0.25, 0.3) is 0 Å². The fraction of sp³-hybridized carbons (Fsp3) is 0.278. The number of hydrogen-bond donors (Lipinski definition) is 1. The molecule has 6 nitrogen and oxygen atoms in total. The summed E-state index contributed by atoms with van der Waals surface area (Å²) in [5.41, 5.74) is 8.85. The fourth-order valence-electron chi connectivity index (χ4n) is 3.26. The summed E-state index contributed by atoms with van der Waals surface area (Å²) in [5.74, 6) is 0.868. The van der Waals surface area contributed by atoms with Gasteiger partial charge in [0.05, 0.1) is 28.9 Å². The molecule has 2 N–H and O–H groups in total. The lowest BCUT2D eigenvalue weighted by molar-refractivity contribution is -0.119. The predicted molar refractivity (Wildman–Crippen MR) is 102 cm³/mol. The zero-order chi connectivity index (χ0) is 18.4. The normalized spacial score (nSPS) is 13.0. The Morgan fingerprint density at radius 3 is 2.92 bits per heavy atom. The third-order valence-electron chi connectivity index (χ3n) is 4.50. The number of rotatable bonds is 4. The van der Waals surface area contributed by atoms with Crippen LogP contribution in [0.1, 0.15) is 18.9 Å². The van der Waals surface area contributed by atoms with Crippen molar-refractivity contribution in [1.29, 1.82) is 0 Å². The minimum Gasteiger partial charge on any atom is -0.491 e. The zero-order valence-corrected chi connectivity index (χ0v) is 15.6. The van der Waals surface area contributed by atoms with Gasteiger partial charge in [-0.2, -0.15) is 4.98 Å². The molecule has 1 aromatic carbocycles. The van der Waals surface area contributed by atoms with Crippen LogP contribution in [0.3, 0.4) is 0 Å². The first kappa shape index (κ1) is 17.1. The van der Waals surface area contributed by atoms with Crippen molar-refractivity contribution in [3.8, 4) is 17.0 Å². The van der Waals surface area contributed by atoms with E-state index in [2.05, 4.69) is 9.97 Å². The Morgan fingerprint density at radius 1 is 1.35 bits per heavy atom. The maximum Gasteiger partial charge on any atom is 0.222 e. The molecule has 0 radical (unpaired) electrons. The molecule has 2 aromatic heterocycles. The molecule has 0 fully saturated rings. The molecule has 0 saturated carbocycles. The van der Waals surface area contributed by atoms with Crippen molar-refractivity contribution in [3.63, 3.8) is 0 Å². The number of aromatic nitrogens is 3. The second-order valence-electron chi connectivity index (χ2n) is 6.12. The summed E-state index contributed by atoms with van der Waals surface area (Å²) in [6, 6.07) is 3.53. The van der Waals surface area contributed by atoms with Crippen LogP contribution in [0.2, 0.25) is 10.0 Å². The van der Waals surface area contributed by atoms with E-state index in [-0.39, 0.29) is 18.3 Å². The number of ketones is 1. The monoisotopic (exact) mass is 390 g/mol. The number of fused-ring (bicyclic) bond motifs is 2. The van der Waals surface area contributed by atoms with Crippen molar-refractivity contribution >= 4 is 46.0 Å². The van der Waals surface area contributed by atoms with E-state index < -0.39 is 0 Å². The van der Waals surface area contributed by atoms with Gasteiger partial charge in [-0.3, -0.25) is 4.79 Å². The fourth-order valence-corrected chi connectivity index (χ4v) is 3.90. The van der Waals surface area contributed by atoms with E-state index >= 15 is 0 Å². The highest BCUT2D eigenvalue weighted by atomic mass is 35.5. The Kier molecular flexibility index (Phi) is 4.25. The number of carbonyl (C=O) groups excluding carboxylic acids is 1. The van der Waals surface area contributed by atoms with Crippen LogP contribution < -0.4 is 10.5 Å². The van der Waals surface area contributed by atoms with Crippen molar-refractivity contribution in [2.45, 2.75) is 26.3 Å². The zero-order valence-electron chi connectivity index (χ0n) is 14.1. The Labute approximate surface area is 159 Å². The van der Waals surface area contributed by atoms with Crippen LogP contribution in [0.25, 0.3) is 22.3 Å². The SMILES string of the molecule is CCC(=O)Cn1ccc2c(-c3c(Cl)cc(Cl)c4c3CCO4)nc(N)nc21. The third kappa shape index (κ3) is 2.70. The molecular weight excluding hydrogens is 375 g/mol. The molecular formula is C18H16Cl2N4O2. The van der Waals surface area contributed by atoms with E-state index in [1.54, 1.807) is 10.6 Å². The van der Waals surface area contributed by atoms with Gasteiger partial charge in [-0.05, 0) is 12.1 Å². The quantitative estimate of drug-likeness (QED) is 0.729. The molecule has 0 spiro atoms. The van der Waals surface area contributed by atoms with E-state index in [9.17, 15) is 4.79 Å². The standard InChI is InChI=1S/C18H16Cl2N4O2/c1-2-9(25)8-24-5-3-11-15(22-18(21)23-17(11)24)14-10-4-6-26-16(10)13(20)7-12(14)19/h3,5,7H,2,4,6,8H2,1H3,(H2,21,22,23). The van der Waals surface area contributed by atoms with E-state index in [1.807, 2.05) is 19.2 Å². The number of Topliss-reactive ketones (excluding diaryl/α,β-unsaturated/α-hetero) is 1. The molecule has 3 heterocycles. The van der Waals surface area contributed by atoms with Gasteiger partial charge in [0.15, 0.2) is 5.78 Å². The lowest BCUT2D eigenvalue weighted by Gasteiger charge is -2.12. The van der Waals surface area contributed by atoms with Crippen LogP contribution in [0, 0.1) is 0 Å². The van der Waals surface area contributed by atoms with Crippen molar-refractivity contribution in [2.75, 3.05) is 12.3 Å². The second-order valence-corrected chi connectivity index (χ2v) is 6.94. The van der Waals surface area contributed by atoms with E-state index in [0.717, 1.165) is 16.5 Å². The topological polar surface area (TPSA) is 83.0 Å². The number of benzene rings is 1. The summed E-state index contributed by atoms with van der Waals surface area (Å²) >= 11 is 12.8. The highest BCUT2D eigenvalue weighted by molar-refractivity contribution is 6.38. The minimum atomic E-state index is 0.111. The molecule has 134 valence electrons. The number of nitrogens with zero attached hydrogens (tertiary/aromatic N) is 3. The Balaban J connectivity index is 1.97. The van der Waals surface area contributed by atoms with Gasteiger partial charge in [-0.1, -0.05) is 30.1 Å². The Morgan fingerprint density at radius 2 is 2.15 bits per heavy atom. The Hall–Kier alpha value is -2.31. The first-order chi connectivity index (χ1) is 12.5. The van der Waals surface area contributed by atoms with Crippen LogP contribution in [-0.2, 0) is 17.8 Å². The van der Waals surface area contributed by atoms with Gasteiger partial charge in [0, 0.05) is 35.6 Å². The highest BCUT2D eigenvalue weighted by Gasteiger charge is 2.26. The summed E-state index contributed by atoms with van der Waals surface area (Å²) in [4.78, 5) is 20.6. The van der Waals surface area contributed by atoms with Crippen LogP contribution in [-0.4, -0.2) is 26.9 Å². The maximum atomic E-state index is 11.9. The lowest BCUT2D eigenvalue weighted by Crippen LogP contribution is -2.09. The van der Waals surface area contributed by atoms with E-state index in [4.69, 9.17) is 33.7 Å². The summed E-state index contributed by atoms with van der Waals surface area (Å²) in [6.07, 6.45) is 2.96. The van der Waals surface area contributed by atoms with Crippen LogP contribution in [0.15, 0.2) is 18.3 Å². The van der Waals surface area contributed by atoms with Crippen LogP contribution in [0.4, 0.5) is 5.95 Å². The van der Waals surface area contributed by atoms with Gasteiger partial charge < -0.3 is 15.0 Å². The molecule has 0 aliphatic carbocycles. The first-order valence-electron chi connectivity index (χ1n) is 8.27. The van der Waals surface area contributed by atoms with Gasteiger partial charge in [-0.25, -0.2) is 4.98 Å². The molecule has 4 rings (SSSR count). The van der Waals surface area contributed by atoms with Gasteiger partial charge in [-0.15, -0.1) is 0 Å². The molecule has 0 saturated heterocycles. The van der Waals surface area contributed by atoms with Crippen LogP contribution >= 0.6 is 23.2 Å². The molecule has 0 amide bonds. The maximum absolute atomic E-state index is 11.9. The summed E-state index contributed by atoms with van der Waals surface area (Å²) < 4.78 is 7.43.